The van der Waals surface area contributed by atoms with Gasteiger partial charge in [0.05, 0.1) is 6.20 Å². The van der Waals surface area contributed by atoms with Gasteiger partial charge in [0.2, 0.25) is 0 Å². The lowest BCUT2D eigenvalue weighted by Crippen LogP contribution is -2.38. The van der Waals surface area contributed by atoms with Crippen molar-refractivity contribution < 1.29 is 4.79 Å². The van der Waals surface area contributed by atoms with Crippen LogP contribution in [0, 0.1) is 5.92 Å². The molecular formula is C13H17Cl2N5OS. The minimum absolute atomic E-state index is 0. The Morgan fingerprint density at radius 3 is 2.64 bits per heavy atom. The third-order valence-electron chi connectivity index (χ3n) is 3.21. The average molecular weight is 362 g/mol. The van der Waals surface area contributed by atoms with E-state index in [2.05, 4.69) is 20.3 Å². The molecule has 3 N–H and O–H groups in total. The quantitative estimate of drug-likeness (QED) is 0.848. The molecule has 0 aliphatic heterocycles. The second kappa shape index (κ2) is 8.38. The molecule has 9 heteroatoms. The summed E-state index contributed by atoms with van der Waals surface area (Å²) in [5.41, 5.74) is 5.95. The van der Waals surface area contributed by atoms with Gasteiger partial charge < -0.3 is 11.1 Å². The molecule has 0 aromatic carbocycles. The first kappa shape index (κ1) is 18.8. The molecule has 1 unspecified atom stereocenters. The van der Waals surface area contributed by atoms with Gasteiger partial charge in [0.1, 0.15) is 4.88 Å². The predicted molar refractivity (Wildman–Crippen MR) is 90.7 cm³/mol. The molecule has 120 valence electrons. The number of nitrogens with zero attached hydrogens (tertiary/aromatic N) is 3. The molecule has 1 amide bonds. The van der Waals surface area contributed by atoms with E-state index in [-0.39, 0.29) is 36.8 Å². The smallest absolute Gasteiger partial charge is 0.263 e. The van der Waals surface area contributed by atoms with Crippen molar-refractivity contribution in [1.29, 1.82) is 0 Å². The lowest BCUT2D eigenvalue weighted by Gasteiger charge is -2.10. The maximum atomic E-state index is 12.0. The Hall–Kier alpha value is -1.28. The lowest BCUT2D eigenvalue weighted by molar-refractivity contribution is 0.0954. The molecule has 0 radical (unpaired) electrons. The summed E-state index contributed by atoms with van der Waals surface area (Å²) in [6.45, 7) is 0.512. The summed E-state index contributed by atoms with van der Waals surface area (Å²) in [6.07, 6.45) is 7.20. The second-order valence-corrected chi connectivity index (χ2v) is 5.84. The van der Waals surface area contributed by atoms with Crippen LogP contribution in [0.25, 0.3) is 10.8 Å². The fourth-order valence-electron chi connectivity index (χ4n) is 1.88. The summed E-state index contributed by atoms with van der Waals surface area (Å²) in [5, 5.41) is 3.49. The largest absolute Gasteiger partial charge is 0.350 e. The van der Waals surface area contributed by atoms with Gasteiger partial charge in [0.25, 0.3) is 5.91 Å². The van der Waals surface area contributed by atoms with Crippen LogP contribution in [0.3, 0.4) is 0 Å². The number of rotatable bonds is 5. The number of thiazole rings is 1. The maximum absolute atomic E-state index is 12.0. The summed E-state index contributed by atoms with van der Waals surface area (Å²) in [6, 6.07) is 1.80. The molecule has 6 nitrogen and oxygen atoms in total. The van der Waals surface area contributed by atoms with Crippen molar-refractivity contribution >= 4 is 42.1 Å². The van der Waals surface area contributed by atoms with Crippen LogP contribution >= 0.6 is 36.2 Å². The summed E-state index contributed by atoms with van der Waals surface area (Å²) in [4.78, 5) is 25.0. The van der Waals surface area contributed by atoms with Crippen LogP contribution in [-0.2, 0) is 0 Å². The zero-order valence-electron chi connectivity index (χ0n) is 11.6. The number of aromatic nitrogens is 3. The summed E-state index contributed by atoms with van der Waals surface area (Å²) in [7, 11) is 0. The van der Waals surface area contributed by atoms with Crippen LogP contribution < -0.4 is 11.1 Å². The number of nitrogens with two attached hydrogens (primary N) is 1. The minimum atomic E-state index is -0.138. The molecule has 2 aromatic heterocycles. The third-order valence-corrected chi connectivity index (χ3v) is 4.20. The van der Waals surface area contributed by atoms with Gasteiger partial charge in [-0.1, -0.05) is 0 Å². The highest BCUT2D eigenvalue weighted by molar-refractivity contribution is 7.16. The fourth-order valence-corrected chi connectivity index (χ4v) is 2.66. The Kier molecular flexibility index (Phi) is 7.15. The van der Waals surface area contributed by atoms with E-state index >= 15 is 0 Å². The van der Waals surface area contributed by atoms with Crippen LogP contribution in [0.4, 0.5) is 0 Å². The molecule has 2 heterocycles. The zero-order valence-corrected chi connectivity index (χ0v) is 14.1. The van der Waals surface area contributed by atoms with E-state index in [0.717, 1.165) is 0 Å². The van der Waals surface area contributed by atoms with Crippen LogP contribution in [-0.4, -0.2) is 33.4 Å². The number of carbonyl (C=O) groups excluding carboxylic acids is 1. The highest BCUT2D eigenvalue weighted by Crippen LogP contribution is 2.31. The zero-order chi connectivity index (χ0) is 13.9. The molecular weight excluding hydrogens is 345 g/mol. The van der Waals surface area contributed by atoms with Gasteiger partial charge >= 0.3 is 0 Å². The first-order chi connectivity index (χ1) is 9.74. The number of nitrogens with one attached hydrogen (secondary N) is 1. The van der Waals surface area contributed by atoms with Crippen molar-refractivity contribution in [3.05, 3.63) is 29.5 Å². The van der Waals surface area contributed by atoms with E-state index in [9.17, 15) is 4.79 Å². The van der Waals surface area contributed by atoms with Gasteiger partial charge in [-0.05, 0) is 24.8 Å². The number of hydrogen-bond acceptors (Lipinski definition) is 6. The highest BCUT2D eigenvalue weighted by atomic mass is 35.5. The first-order valence-electron chi connectivity index (χ1n) is 6.51. The molecule has 1 atom stereocenters. The van der Waals surface area contributed by atoms with Crippen LogP contribution in [0.1, 0.15) is 22.5 Å². The Morgan fingerprint density at radius 2 is 2.00 bits per heavy atom. The van der Waals surface area contributed by atoms with E-state index in [1.54, 1.807) is 24.7 Å². The van der Waals surface area contributed by atoms with Gasteiger partial charge in [0.15, 0.2) is 10.8 Å². The van der Waals surface area contributed by atoms with E-state index in [1.807, 2.05) is 0 Å². The standard InChI is InChI=1S/C13H15N5OS.2ClH/c14-9(8-2-3-8)6-17-12(19)10-7-18-13(20-10)11-15-4-1-5-16-11;;/h1,4-5,7-9H,2-3,6,14H2,(H,17,19);2*1H. The average Bonchev–Trinajstić information content (AvgIpc) is 3.22. The van der Waals surface area contributed by atoms with Crippen LogP contribution in [0.15, 0.2) is 24.7 Å². The fraction of sp³-hybridized carbons (Fsp3) is 0.385. The van der Waals surface area contributed by atoms with Crippen molar-refractivity contribution in [2.75, 3.05) is 6.54 Å². The number of hydrogen-bond donors (Lipinski definition) is 2. The lowest BCUT2D eigenvalue weighted by atomic mass is 10.2. The van der Waals surface area contributed by atoms with E-state index in [4.69, 9.17) is 5.73 Å². The van der Waals surface area contributed by atoms with Crippen molar-refractivity contribution in [3.8, 4) is 10.8 Å². The molecule has 0 spiro atoms. The van der Waals surface area contributed by atoms with Gasteiger partial charge in [-0.3, -0.25) is 4.79 Å². The Labute approximate surface area is 144 Å². The van der Waals surface area contributed by atoms with E-state index in [0.29, 0.717) is 28.2 Å². The second-order valence-electron chi connectivity index (χ2n) is 4.81. The maximum Gasteiger partial charge on any atom is 0.263 e. The van der Waals surface area contributed by atoms with Crippen molar-refractivity contribution in [2.45, 2.75) is 18.9 Å². The Morgan fingerprint density at radius 1 is 1.32 bits per heavy atom. The van der Waals surface area contributed by atoms with Gasteiger partial charge in [-0.25, -0.2) is 15.0 Å². The number of halogens is 2. The molecule has 0 bridgehead atoms. The van der Waals surface area contributed by atoms with E-state index in [1.165, 1.54) is 24.2 Å². The summed E-state index contributed by atoms with van der Waals surface area (Å²) in [5.74, 6) is 0.969. The molecule has 2 aromatic rings. The van der Waals surface area contributed by atoms with Crippen LogP contribution in [0.5, 0.6) is 0 Å². The monoisotopic (exact) mass is 361 g/mol. The predicted octanol–water partition coefficient (Wildman–Crippen LogP) is 1.91. The highest BCUT2D eigenvalue weighted by Gasteiger charge is 2.28. The topological polar surface area (TPSA) is 93.8 Å². The number of amides is 1. The van der Waals surface area contributed by atoms with E-state index < -0.39 is 0 Å². The molecule has 0 saturated heterocycles. The molecule has 3 rings (SSSR count). The Bertz CT molecular complexity index is 605. The SMILES string of the molecule is Cl.Cl.NC(CNC(=O)c1cnc(-c2ncccn2)s1)C1CC1. The van der Waals surface area contributed by atoms with Crippen LogP contribution in [0.2, 0.25) is 0 Å². The molecule has 1 aliphatic rings. The molecule has 1 fully saturated rings. The Balaban J connectivity index is 0.00000121. The van der Waals surface area contributed by atoms with Gasteiger partial charge in [-0.2, -0.15) is 0 Å². The first-order valence-corrected chi connectivity index (χ1v) is 7.32. The molecule has 1 saturated carbocycles. The summed E-state index contributed by atoms with van der Waals surface area (Å²) < 4.78 is 0. The molecule has 1 aliphatic carbocycles. The molecule has 22 heavy (non-hydrogen) atoms. The minimum Gasteiger partial charge on any atom is -0.350 e. The summed E-state index contributed by atoms with van der Waals surface area (Å²) >= 11 is 1.28. The van der Waals surface area contributed by atoms with Crippen molar-refractivity contribution in [3.63, 3.8) is 0 Å². The number of carbonyl (C=O) groups is 1. The van der Waals surface area contributed by atoms with Gasteiger partial charge in [-0.15, -0.1) is 36.2 Å². The van der Waals surface area contributed by atoms with Gasteiger partial charge in [0, 0.05) is 25.0 Å². The third kappa shape index (κ3) is 4.61. The normalized spacial score (nSPS) is 14.4. The van der Waals surface area contributed by atoms with Crippen molar-refractivity contribution in [1.82, 2.24) is 20.3 Å². The van der Waals surface area contributed by atoms with Crippen molar-refractivity contribution in [2.24, 2.45) is 11.7 Å².